The van der Waals surface area contributed by atoms with Gasteiger partial charge in [-0.05, 0) is 37.1 Å². The summed E-state index contributed by atoms with van der Waals surface area (Å²) in [6.45, 7) is 5.30. The van der Waals surface area contributed by atoms with Crippen LogP contribution in [0.15, 0.2) is 24.3 Å². The minimum absolute atomic E-state index is 0.106. The van der Waals surface area contributed by atoms with Gasteiger partial charge in [0.25, 0.3) is 0 Å². The van der Waals surface area contributed by atoms with E-state index in [1.165, 1.54) is 5.56 Å². The molecular formula is C21H32N4O3. The van der Waals surface area contributed by atoms with Crippen LogP contribution in [-0.4, -0.2) is 97.9 Å². The Labute approximate surface area is 167 Å². The summed E-state index contributed by atoms with van der Waals surface area (Å²) in [5.74, 6) is 1.12. The predicted molar refractivity (Wildman–Crippen MR) is 108 cm³/mol. The molecule has 1 aromatic carbocycles. The van der Waals surface area contributed by atoms with Gasteiger partial charge in [-0.2, -0.15) is 0 Å². The summed E-state index contributed by atoms with van der Waals surface area (Å²) in [6, 6.07) is 8.00. The molecule has 0 aliphatic carbocycles. The highest BCUT2D eigenvalue weighted by molar-refractivity contribution is 5.83. The van der Waals surface area contributed by atoms with Crippen LogP contribution < -0.4 is 4.74 Å². The number of hydrogen-bond acceptors (Lipinski definition) is 5. The van der Waals surface area contributed by atoms with Gasteiger partial charge in [-0.1, -0.05) is 12.1 Å². The van der Waals surface area contributed by atoms with E-state index in [9.17, 15) is 9.59 Å². The lowest BCUT2D eigenvalue weighted by Gasteiger charge is -2.36. The van der Waals surface area contributed by atoms with Crippen LogP contribution in [0.1, 0.15) is 18.4 Å². The average molecular weight is 389 g/mol. The van der Waals surface area contributed by atoms with Crippen molar-refractivity contribution in [1.29, 1.82) is 0 Å². The molecule has 0 spiro atoms. The van der Waals surface area contributed by atoms with Gasteiger partial charge in [0.15, 0.2) is 0 Å². The van der Waals surface area contributed by atoms with Crippen molar-refractivity contribution in [2.24, 2.45) is 0 Å². The number of nitrogens with zero attached hydrogens (tertiary/aromatic N) is 4. The molecule has 0 bridgehead atoms. The number of likely N-dealkylation sites (N-methyl/N-ethyl adjacent to an activating group) is 1. The Bertz CT molecular complexity index is 669. The van der Waals surface area contributed by atoms with Gasteiger partial charge in [-0.3, -0.25) is 19.4 Å². The van der Waals surface area contributed by atoms with Gasteiger partial charge in [0, 0.05) is 46.8 Å². The third-order valence-corrected chi connectivity index (χ3v) is 5.72. The Morgan fingerprint density at radius 2 is 1.75 bits per heavy atom. The van der Waals surface area contributed by atoms with Crippen molar-refractivity contribution in [3.05, 3.63) is 29.8 Å². The van der Waals surface area contributed by atoms with E-state index in [4.69, 9.17) is 4.74 Å². The molecule has 1 aromatic rings. The zero-order valence-corrected chi connectivity index (χ0v) is 17.3. The second-order valence-electron chi connectivity index (χ2n) is 7.87. The monoisotopic (exact) mass is 388 g/mol. The fourth-order valence-electron chi connectivity index (χ4n) is 4.01. The topological polar surface area (TPSA) is 56.3 Å². The number of amides is 2. The number of carbonyl (C=O) groups excluding carboxylic acids is 2. The summed E-state index contributed by atoms with van der Waals surface area (Å²) in [7, 11) is 5.23. The first-order chi connectivity index (χ1) is 13.5. The highest BCUT2D eigenvalue weighted by atomic mass is 16.5. The molecule has 2 fully saturated rings. The normalized spacial score (nSPS) is 21.0. The molecule has 2 amide bonds. The molecule has 0 aromatic heterocycles. The number of methoxy groups -OCH3 is 1. The number of likely N-dealkylation sites (tertiary alicyclic amines) is 1. The Morgan fingerprint density at radius 3 is 2.36 bits per heavy atom. The van der Waals surface area contributed by atoms with Crippen molar-refractivity contribution >= 4 is 11.8 Å². The summed E-state index contributed by atoms with van der Waals surface area (Å²) < 4.78 is 5.20. The summed E-state index contributed by atoms with van der Waals surface area (Å²) in [5, 5.41) is 0. The van der Waals surface area contributed by atoms with Crippen LogP contribution in [0.3, 0.4) is 0 Å². The molecule has 2 aliphatic heterocycles. The molecule has 3 rings (SSSR count). The summed E-state index contributed by atoms with van der Waals surface area (Å²) >= 11 is 0. The fourth-order valence-corrected chi connectivity index (χ4v) is 4.01. The van der Waals surface area contributed by atoms with Crippen LogP contribution in [0.2, 0.25) is 0 Å². The van der Waals surface area contributed by atoms with Crippen molar-refractivity contribution in [2.45, 2.75) is 25.4 Å². The summed E-state index contributed by atoms with van der Waals surface area (Å²) in [6.07, 6.45) is 1.83. The molecule has 1 atom stereocenters. The van der Waals surface area contributed by atoms with E-state index in [0.717, 1.165) is 57.9 Å². The molecule has 28 heavy (non-hydrogen) atoms. The maximum absolute atomic E-state index is 12.8. The van der Waals surface area contributed by atoms with Crippen molar-refractivity contribution in [2.75, 3.05) is 60.5 Å². The molecule has 0 radical (unpaired) electrons. The molecule has 2 aliphatic rings. The van der Waals surface area contributed by atoms with Crippen LogP contribution in [0.25, 0.3) is 0 Å². The van der Waals surface area contributed by atoms with E-state index in [1.54, 1.807) is 26.1 Å². The highest BCUT2D eigenvalue weighted by Crippen LogP contribution is 2.19. The van der Waals surface area contributed by atoms with E-state index < -0.39 is 0 Å². The van der Waals surface area contributed by atoms with Crippen LogP contribution >= 0.6 is 0 Å². The van der Waals surface area contributed by atoms with Crippen LogP contribution in [0, 0.1) is 0 Å². The second kappa shape index (κ2) is 9.39. The van der Waals surface area contributed by atoms with Gasteiger partial charge in [-0.25, -0.2) is 0 Å². The Kier molecular flexibility index (Phi) is 6.91. The molecule has 7 nitrogen and oxygen atoms in total. The van der Waals surface area contributed by atoms with Crippen LogP contribution in [-0.2, 0) is 16.1 Å². The number of benzene rings is 1. The quantitative estimate of drug-likeness (QED) is 0.725. The van der Waals surface area contributed by atoms with Gasteiger partial charge < -0.3 is 14.5 Å². The Hall–Kier alpha value is -2.12. The summed E-state index contributed by atoms with van der Waals surface area (Å²) in [5.41, 5.74) is 1.25. The lowest BCUT2D eigenvalue weighted by molar-refractivity contribution is -0.137. The molecular weight excluding hydrogens is 356 g/mol. The third-order valence-electron chi connectivity index (χ3n) is 5.72. The fraction of sp³-hybridized carbons (Fsp3) is 0.619. The van der Waals surface area contributed by atoms with E-state index >= 15 is 0 Å². The maximum Gasteiger partial charge on any atom is 0.239 e. The number of rotatable bonds is 6. The SMILES string of the molecule is COc1ccc(CN2CCN(C(=O)CN3CCCC3C(=O)N(C)C)CC2)cc1. The lowest BCUT2D eigenvalue weighted by atomic mass is 10.2. The third kappa shape index (κ3) is 5.02. The smallest absolute Gasteiger partial charge is 0.239 e. The Balaban J connectivity index is 1.46. The molecule has 2 heterocycles. The standard InChI is InChI=1S/C21H32N4O3/c1-22(2)21(27)19-5-4-10-25(19)16-20(26)24-13-11-23(12-14-24)15-17-6-8-18(28-3)9-7-17/h6-9,19H,4-5,10-16H2,1-3H3. The lowest BCUT2D eigenvalue weighted by Crippen LogP contribution is -2.52. The van der Waals surface area contributed by atoms with Gasteiger partial charge in [0.2, 0.25) is 11.8 Å². The van der Waals surface area contributed by atoms with E-state index in [0.29, 0.717) is 6.54 Å². The first-order valence-electron chi connectivity index (χ1n) is 10.1. The van der Waals surface area contributed by atoms with Crippen molar-refractivity contribution in [3.63, 3.8) is 0 Å². The number of carbonyl (C=O) groups is 2. The van der Waals surface area contributed by atoms with Gasteiger partial charge >= 0.3 is 0 Å². The highest BCUT2D eigenvalue weighted by Gasteiger charge is 2.34. The number of piperazine rings is 1. The molecule has 1 unspecified atom stereocenters. The minimum Gasteiger partial charge on any atom is -0.497 e. The van der Waals surface area contributed by atoms with Gasteiger partial charge in [-0.15, -0.1) is 0 Å². The first-order valence-corrected chi connectivity index (χ1v) is 10.1. The van der Waals surface area contributed by atoms with Gasteiger partial charge in [0.1, 0.15) is 5.75 Å². The predicted octanol–water partition coefficient (Wildman–Crippen LogP) is 0.892. The van der Waals surface area contributed by atoms with Crippen molar-refractivity contribution < 1.29 is 14.3 Å². The van der Waals surface area contributed by atoms with Gasteiger partial charge in [0.05, 0.1) is 19.7 Å². The zero-order chi connectivity index (χ0) is 20.1. The average Bonchev–Trinajstić information content (AvgIpc) is 3.16. The van der Waals surface area contributed by atoms with Crippen LogP contribution in [0.5, 0.6) is 5.75 Å². The number of ether oxygens (including phenoxy) is 1. The van der Waals surface area contributed by atoms with Crippen molar-refractivity contribution in [1.82, 2.24) is 19.6 Å². The van der Waals surface area contributed by atoms with E-state index in [2.05, 4.69) is 17.0 Å². The maximum atomic E-state index is 12.8. The summed E-state index contributed by atoms with van der Waals surface area (Å²) in [4.78, 5) is 33.1. The molecule has 0 N–H and O–H groups in total. The molecule has 7 heteroatoms. The van der Waals surface area contributed by atoms with E-state index in [-0.39, 0.29) is 17.9 Å². The molecule has 154 valence electrons. The Morgan fingerprint density at radius 1 is 1.07 bits per heavy atom. The molecule has 2 saturated heterocycles. The van der Waals surface area contributed by atoms with Crippen molar-refractivity contribution in [3.8, 4) is 5.75 Å². The zero-order valence-electron chi connectivity index (χ0n) is 17.3. The van der Waals surface area contributed by atoms with Crippen LogP contribution in [0.4, 0.5) is 0 Å². The number of hydrogen-bond donors (Lipinski definition) is 0. The second-order valence-corrected chi connectivity index (χ2v) is 7.87. The van der Waals surface area contributed by atoms with E-state index in [1.807, 2.05) is 21.9 Å². The largest absolute Gasteiger partial charge is 0.497 e. The molecule has 0 saturated carbocycles. The first kappa shape index (κ1) is 20.6. The minimum atomic E-state index is -0.143.